The molecule has 3 rings (SSSR count). The van der Waals surface area contributed by atoms with Gasteiger partial charge in [0.1, 0.15) is 5.52 Å². The van der Waals surface area contributed by atoms with Crippen molar-refractivity contribution >= 4 is 23.4 Å². The van der Waals surface area contributed by atoms with Crippen LogP contribution in [0.1, 0.15) is 31.9 Å². The van der Waals surface area contributed by atoms with Crippen LogP contribution >= 0.6 is 12.2 Å². The number of nitrogens with zero attached hydrogens (tertiary/aromatic N) is 3. The lowest BCUT2D eigenvalue weighted by atomic mass is 9.70. The first-order valence-corrected chi connectivity index (χ1v) is 6.53. The minimum Gasteiger partial charge on any atom is -0.328 e. The molecule has 2 aromatic rings. The molecule has 17 heavy (non-hydrogen) atoms. The average molecular weight is 250 g/mol. The molecule has 5 heteroatoms. The highest BCUT2D eigenvalue weighted by Crippen LogP contribution is 2.42. The first kappa shape index (κ1) is 11.0. The van der Waals surface area contributed by atoms with Crippen LogP contribution in [0.3, 0.4) is 0 Å². The van der Waals surface area contributed by atoms with E-state index in [1.54, 1.807) is 0 Å². The second-order valence-corrected chi connectivity index (χ2v) is 5.97. The van der Waals surface area contributed by atoms with Crippen molar-refractivity contribution in [3.8, 4) is 0 Å². The molecule has 0 aliphatic heterocycles. The molecule has 1 saturated carbocycles. The van der Waals surface area contributed by atoms with Crippen molar-refractivity contribution in [2.75, 3.05) is 0 Å². The topological polar surface area (TPSA) is 38.5 Å². The summed E-state index contributed by atoms with van der Waals surface area (Å²) in [5.74, 6) is 0. The van der Waals surface area contributed by atoms with Gasteiger partial charge in [-0.2, -0.15) is 5.10 Å². The van der Waals surface area contributed by atoms with Crippen LogP contribution in [0.15, 0.2) is 0 Å². The van der Waals surface area contributed by atoms with Crippen LogP contribution < -0.4 is 0 Å². The maximum Gasteiger partial charge on any atom is 0.179 e. The van der Waals surface area contributed by atoms with Gasteiger partial charge < -0.3 is 9.55 Å². The Morgan fingerprint density at radius 1 is 1.47 bits per heavy atom. The van der Waals surface area contributed by atoms with Crippen molar-refractivity contribution in [3.05, 3.63) is 10.5 Å². The number of aromatic nitrogens is 4. The summed E-state index contributed by atoms with van der Waals surface area (Å²) >= 11 is 5.43. The summed E-state index contributed by atoms with van der Waals surface area (Å²) < 4.78 is 4.97. The maximum atomic E-state index is 5.43. The number of fused-ring (bicyclic) bond motifs is 1. The molecule has 0 atom stereocenters. The van der Waals surface area contributed by atoms with Gasteiger partial charge in [0, 0.05) is 13.6 Å². The lowest BCUT2D eigenvalue weighted by Crippen LogP contribution is -2.31. The molecule has 4 nitrogen and oxygen atoms in total. The molecular weight excluding hydrogens is 232 g/mol. The number of H-pyrrole nitrogens is 1. The highest BCUT2D eigenvalue weighted by Gasteiger charge is 2.33. The Balaban J connectivity index is 2.14. The van der Waals surface area contributed by atoms with E-state index in [1.807, 2.05) is 18.7 Å². The second kappa shape index (κ2) is 3.45. The minimum atomic E-state index is 0.422. The smallest absolute Gasteiger partial charge is 0.179 e. The molecular formula is C12H18N4S. The van der Waals surface area contributed by atoms with Gasteiger partial charge in [0.05, 0.1) is 5.69 Å². The molecule has 1 fully saturated rings. The molecule has 2 aromatic heterocycles. The highest BCUT2D eigenvalue weighted by atomic mass is 32.1. The Morgan fingerprint density at radius 2 is 2.18 bits per heavy atom. The van der Waals surface area contributed by atoms with Gasteiger partial charge in [-0.15, -0.1) is 0 Å². The Labute approximate surface area is 106 Å². The van der Waals surface area contributed by atoms with E-state index in [2.05, 4.69) is 21.6 Å². The largest absolute Gasteiger partial charge is 0.328 e. The first-order chi connectivity index (χ1) is 8.00. The average Bonchev–Trinajstić information content (AvgIpc) is 2.66. The molecule has 0 saturated heterocycles. The normalized spacial score (nSPS) is 18.5. The van der Waals surface area contributed by atoms with Crippen molar-refractivity contribution in [2.45, 2.75) is 39.7 Å². The predicted molar refractivity (Wildman–Crippen MR) is 70.6 cm³/mol. The van der Waals surface area contributed by atoms with Gasteiger partial charge in [0.25, 0.3) is 0 Å². The van der Waals surface area contributed by atoms with Crippen molar-refractivity contribution in [3.63, 3.8) is 0 Å². The van der Waals surface area contributed by atoms with E-state index in [1.165, 1.54) is 19.3 Å². The quantitative estimate of drug-likeness (QED) is 0.832. The number of hydrogen-bond donors (Lipinski definition) is 1. The van der Waals surface area contributed by atoms with Gasteiger partial charge in [-0.25, -0.2) is 0 Å². The van der Waals surface area contributed by atoms with Crippen LogP contribution in [-0.2, 0) is 13.6 Å². The van der Waals surface area contributed by atoms with Gasteiger partial charge >= 0.3 is 0 Å². The molecule has 1 aliphatic rings. The van der Waals surface area contributed by atoms with Crippen LogP contribution in [0.25, 0.3) is 11.2 Å². The number of rotatable bonds is 2. The van der Waals surface area contributed by atoms with E-state index >= 15 is 0 Å². The fraction of sp³-hybridized carbons (Fsp3) is 0.667. The molecule has 0 spiro atoms. The van der Waals surface area contributed by atoms with Gasteiger partial charge in [0.15, 0.2) is 10.4 Å². The van der Waals surface area contributed by atoms with Crippen molar-refractivity contribution in [2.24, 2.45) is 12.5 Å². The third-order valence-corrected chi connectivity index (χ3v) is 4.35. The first-order valence-electron chi connectivity index (χ1n) is 6.12. The van der Waals surface area contributed by atoms with Crippen molar-refractivity contribution < 1.29 is 0 Å². The molecule has 0 radical (unpaired) electrons. The summed E-state index contributed by atoms with van der Waals surface area (Å²) in [5, 5.41) is 4.44. The number of nitrogens with one attached hydrogen (secondary N) is 1. The van der Waals surface area contributed by atoms with Crippen molar-refractivity contribution in [1.82, 2.24) is 19.3 Å². The molecule has 0 amide bonds. The molecule has 1 N–H and O–H groups in total. The van der Waals surface area contributed by atoms with E-state index in [0.29, 0.717) is 5.41 Å². The Hall–Kier alpha value is -1.10. The molecule has 0 aromatic carbocycles. The fourth-order valence-electron chi connectivity index (χ4n) is 2.84. The van der Waals surface area contributed by atoms with E-state index in [0.717, 1.165) is 28.2 Å². The Bertz CT molecular complexity index is 627. The highest BCUT2D eigenvalue weighted by molar-refractivity contribution is 7.71. The predicted octanol–water partition coefficient (Wildman–Crippen LogP) is 2.93. The van der Waals surface area contributed by atoms with E-state index in [4.69, 9.17) is 12.2 Å². The monoisotopic (exact) mass is 250 g/mol. The third-order valence-electron chi connectivity index (χ3n) is 4.03. The molecule has 1 aliphatic carbocycles. The molecule has 92 valence electrons. The number of imidazole rings is 1. The van der Waals surface area contributed by atoms with Crippen LogP contribution in [0.2, 0.25) is 0 Å². The lowest BCUT2D eigenvalue weighted by molar-refractivity contribution is 0.133. The van der Waals surface area contributed by atoms with Gasteiger partial charge in [-0.3, -0.25) is 4.68 Å². The van der Waals surface area contributed by atoms with Crippen LogP contribution in [-0.4, -0.2) is 19.3 Å². The summed E-state index contributed by atoms with van der Waals surface area (Å²) in [6.07, 6.45) is 3.96. The lowest BCUT2D eigenvalue weighted by Gasteiger charge is -2.38. The second-order valence-electron chi connectivity index (χ2n) is 5.59. The minimum absolute atomic E-state index is 0.422. The van der Waals surface area contributed by atoms with E-state index in [9.17, 15) is 0 Å². The summed E-state index contributed by atoms with van der Waals surface area (Å²) in [5.41, 5.74) is 3.65. The molecule has 0 unspecified atom stereocenters. The zero-order valence-electron chi connectivity index (χ0n) is 10.6. The van der Waals surface area contributed by atoms with Crippen LogP contribution in [0.4, 0.5) is 0 Å². The van der Waals surface area contributed by atoms with Gasteiger partial charge in [0.2, 0.25) is 0 Å². The SMILES string of the molecule is Cc1nn(C)c2c1[nH]c(=S)n2CC1(C)CCC1. The van der Waals surface area contributed by atoms with Gasteiger partial charge in [-0.1, -0.05) is 13.3 Å². The third kappa shape index (κ3) is 1.56. The Kier molecular flexibility index (Phi) is 2.23. The summed E-state index contributed by atoms with van der Waals surface area (Å²) in [6, 6.07) is 0. The number of hydrogen-bond acceptors (Lipinski definition) is 2. The van der Waals surface area contributed by atoms with E-state index < -0.39 is 0 Å². The number of aryl methyl sites for hydroxylation is 2. The fourth-order valence-corrected chi connectivity index (χ4v) is 3.09. The summed E-state index contributed by atoms with van der Waals surface area (Å²) in [4.78, 5) is 3.28. The molecule has 2 heterocycles. The summed E-state index contributed by atoms with van der Waals surface area (Å²) in [7, 11) is 1.98. The standard InChI is InChI=1S/C12H18N4S/c1-8-9-10(15(3)14-8)16(11(17)13-9)7-12(2)5-4-6-12/h4-7H2,1-3H3,(H,13,17). The maximum absolute atomic E-state index is 5.43. The zero-order chi connectivity index (χ0) is 12.2. The van der Waals surface area contributed by atoms with Gasteiger partial charge in [-0.05, 0) is 37.4 Å². The summed E-state index contributed by atoms with van der Waals surface area (Å²) in [6.45, 7) is 5.37. The number of aromatic amines is 1. The zero-order valence-corrected chi connectivity index (χ0v) is 11.4. The van der Waals surface area contributed by atoms with Crippen molar-refractivity contribution in [1.29, 1.82) is 0 Å². The van der Waals surface area contributed by atoms with Crippen LogP contribution in [0, 0.1) is 17.1 Å². The van der Waals surface area contributed by atoms with E-state index in [-0.39, 0.29) is 0 Å². The Morgan fingerprint density at radius 3 is 2.76 bits per heavy atom. The molecule has 0 bridgehead atoms. The van der Waals surface area contributed by atoms with Crippen LogP contribution in [0.5, 0.6) is 0 Å².